The molecule has 2 aliphatic heterocycles. The molecule has 9 heteroatoms. The molecule has 3 heterocycles. The topological polar surface area (TPSA) is 76.4 Å². The minimum Gasteiger partial charge on any atom is -0.379 e. The summed E-state index contributed by atoms with van der Waals surface area (Å²) in [6, 6.07) is 34.3. The molecule has 8 nitrogen and oxygen atoms in total. The predicted octanol–water partition coefficient (Wildman–Crippen LogP) is 5.91. The zero-order valence-electron chi connectivity index (χ0n) is 24.4. The van der Waals surface area contributed by atoms with Gasteiger partial charge in [-0.3, -0.25) is 4.99 Å². The van der Waals surface area contributed by atoms with E-state index in [4.69, 9.17) is 14.5 Å². The number of sulfonamides is 1. The summed E-state index contributed by atoms with van der Waals surface area (Å²) in [5.74, 6) is 0. The van der Waals surface area contributed by atoms with Crippen molar-refractivity contribution < 1.29 is 17.9 Å². The van der Waals surface area contributed by atoms with E-state index >= 15 is 0 Å². The lowest BCUT2D eigenvalue weighted by Gasteiger charge is -2.30. The van der Waals surface area contributed by atoms with Crippen LogP contribution < -0.4 is 4.90 Å². The third kappa shape index (κ3) is 5.44. The molecule has 0 N–H and O–H groups in total. The number of rotatable bonds is 7. The van der Waals surface area contributed by atoms with Gasteiger partial charge in [-0.25, -0.2) is 8.42 Å². The number of morpholine rings is 2. The summed E-state index contributed by atoms with van der Waals surface area (Å²) in [5.41, 5.74) is 6.66. The number of hydrogen-bond donors (Lipinski definition) is 0. The van der Waals surface area contributed by atoms with Crippen molar-refractivity contribution in [1.29, 1.82) is 0 Å². The zero-order chi connectivity index (χ0) is 29.9. The quantitative estimate of drug-likeness (QED) is 0.216. The molecule has 5 aromatic rings. The van der Waals surface area contributed by atoms with Gasteiger partial charge in [-0.2, -0.15) is 4.31 Å². The van der Waals surface area contributed by atoms with Crippen LogP contribution in [0.4, 0.5) is 11.4 Å². The normalized spacial score (nSPS) is 16.6. The van der Waals surface area contributed by atoms with E-state index in [0.29, 0.717) is 58.3 Å². The Morgan fingerprint density at radius 2 is 1.34 bits per heavy atom. The average molecular weight is 607 g/mol. The van der Waals surface area contributed by atoms with Crippen molar-refractivity contribution in [3.63, 3.8) is 0 Å². The van der Waals surface area contributed by atoms with Gasteiger partial charge in [-0.05, 0) is 42.0 Å². The molecule has 0 amide bonds. The number of benzene rings is 4. The summed E-state index contributed by atoms with van der Waals surface area (Å²) in [5, 5.41) is 1.06. The standard InChI is InChI=1S/C35H34N4O4S/c40-44(41,38-19-23-43-24-20-38)29-15-16-34(37-17-21-42-22-18-37)32(25-29)36-26-31-30-13-7-8-14-33(30)39(28-11-5-2-6-12-28)35(31)27-9-3-1-4-10-27/h1-16,25-26H,17-24H2. The largest absolute Gasteiger partial charge is 0.379 e. The van der Waals surface area contributed by atoms with Gasteiger partial charge in [0.15, 0.2) is 0 Å². The molecule has 7 rings (SSSR count). The van der Waals surface area contributed by atoms with Crippen molar-refractivity contribution in [3.05, 3.63) is 109 Å². The second-order valence-electron chi connectivity index (χ2n) is 10.8. The van der Waals surface area contributed by atoms with Crippen LogP contribution in [0.1, 0.15) is 5.56 Å². The minimum absolute atomic E-state index is 0.235. The third-order valence-electron chi connectivity index (χ3n) is 8.21. The van der Waals surface area contributed by atoms with Gasteiger partial charge in [-0.1, -0.05) is 66.7 Å². The molecule has 0 spiro atoms. The monoisotopic (exact) mass is 606 g/mol. The number of hydrogen-bond acceptors (Lipinski definition) is 6. The Morgan fingerprint density at radius 3 is 2.07 bits per heavy atom. The summed E-state index contributed by atoms with van der Waals surface area (Å²) in [7, 11) is -3.70. The fourth-order valence-corrected chi connectivity index (χ4v) is 7.46. The maximum Gasteiger partial charge on any atom is 0.243 e. The van der Waals surface area contributed by atoms with E-state index in [2.05, 4.69) is 45.9 Å². The number of anilines is 1. The molecule has 0 radical (unpaired) electrons. The Kier molecular flexibility index (Phi) is 8.01. The van der Waals surface area contributed by atoms with Crippen LogP contribution in [0.5, 0.6) is 0 Å². The summed E-state index contributed by atoms with van der Waals surface area (Å²) < 4.78 is 42.1. The second kappa shape index (κ2) is 12.4. The van der Waals surface area contributed by atoms with Gasteiger partial charge in [0, 0.05) is 49.0 Å². The van der Waals surface area contributed by atoms with E-state index in [9.17, 15) is 8.42 Å². The molecule has 2 aliphatic rings. The highest BCUT2D eigenvalue weighted by atomic mass is 32.2. The summed E-state index contributed by atoms with van der Waals surface area (Å²) in [4.78, 5) is 7.54. The lowest BCUT2D eigenvalue weighted by atomic mass is 10.1. The van der Waals surface area contributed by atoms with Crippen molar-refractivity contribution in [2.45, 2.75) is 4.90 Å². The van der Waals surface area contributed by atoms with E-state index in [1.807, 2.05) is 60.8 Å². The fraction of sp³-hybridized carbons (Fsp3) is 0.229. The Balaban J connectivity index is 1.41. The molecule has 0 saturated carbocycles. The molecule has 1 aromatic heterocycles. The summed E-state index contributed by atoms with van der Waals surface area (Å²) in [6.45, 7) is 4.10. The molecule has 0 unspecified atom stereocenters. The van der Waals surface area contributed by atoms with E-state index in [1.165, 1.54) is 4.31 Å². The molecular weight excluding hydrogens is 572 g/mol. The maximum absolute atomic E-state index is 13.7. The van der Waals surface area contributed by atoms with Crippen LogP contribution in [0.2, 0.25) is 0 Å². The first-order chi connectivity index (χ1) is 21.6. The van der Waals surface area contributed by atoms with Crippen molar-refractivity contribution in [2.24, 2.45) is 4.99 Å². The molecule has 0 bridgehead atoms. The van der Waals surface area contributed by atoms with E-state index in [-0.39, 0.29) is 4.90 Å². The smallest absolute Gasteiger partial charge is 0.243 e. The molecule has 224 valence electrons. The Labute approximate surface area is 257 Å². The third-order valence-corrected chi connectivity index (χ3v) is 10.1. The lowest BCUT2D eigenvalue weighted by molar-refractivity contribution is 0.0730. The molecule has 0 atom stereocenters. The van der Waals surface area contributed by atoms with Gasteiger partial charge in [0.05, 0.1) is 53.9 Å². The van der Waals surface area contributed by atoms with Gasteiger partial charge < -0.3 is 18.9 Å². The molecule has 0 aliphatic carbocycles. The van der Waals surface area contributed by atoms with Crippen molar-refractivity contribution >= 4 is 38.5 Å². The first-order valence-corrected chi connectivity index (χ1v) is 16.4. The first-order valence-electron chi connectivity index (χ1n) is 14.9. The van der Waals surface area contributed by atoms with Gasteiger partial charge in [0.2, 0.25) is 10.0 Å². The van der Waals surface area contributed by atoms with Crippen LogP contribution in [-0.2, 0) is 19.5 Å². The highest BCUT2D eigenvalue weighted by molar-refractivity contribution is 7.89. The molecule has 44 heavy (non-hydrogen) atoms. The van der Waals surface area contributed by atoms with E-state index < -0.39 is 10.0 Å². The van der Waals surface area contributed by atoms with E-state index in [1.54, 1.807) is 12.1 Å². The van der Waals surface area contributed by atoms with Crippen LogP contribution >= 0.6 is 0 Å². The second-order valence-corrected chi connectivity index (χ2v) is 12.8. The highest BCUT2D eigenvalue weighted by Crippen LogP contribution is 2.38. The fourth-order valence-electron chi connectivity index (χ4n) is 6.03. The number of fused-ring (bicyclic) bond motifs is 1. The van der Waals surface area contributed by atoms with Crippen molar-refractivity contribution in [1.82, 2.24) is 8.87 Å². The molecule has 2 fully saturated rings. The van der Waals surface area contributed by atoms with Gasteiger partial charge in [0.25, 0.3) is 0 Å². The van der Waals surface area contributed by atoms with Gasteiger partial charge >= 0.3 is 0 Å². The molecule has 2 saturated heterocycles. The average Bonchev–Trinajstić information content (AvgIpc) is 3.43. The van der Waals surface area contributed by atoms with Crippen LogP contribution in [0.25, 0.3) is 27.8 Å². The first kappa shape index (κ1) is 28.5. The highest BCUT2D eigenvalue weighted by Gasteiger charge is 2.28. The zero-order valence-corrected chi connectivity index (χ0v) is 25.2. The number of nitrogens with zero attached hydrogens (tertiary/aromatic N) is 4. The Bertz CT molecular complexity index is 1890. The van der Waals surface area contributed by atoms with Crippen molar-refractivity contribution in [3.8, 4) is 16.9 Å². The number of ether oxygens (including phenoxy) is 2. The molecular formula is C35H34N4O4S. The van der Waals surface area contributed by atoms with Gasteiger partial charge in [-0.15, -0.1) is 0 Å². The van der Waals surface area contributed by atoms with Crippen LogP contribution in [-0.4, -0.2) is 76.1 Å². The van der Waals surface area contributed by atoms with Crippen molar-refractivity contribution in [2.75, 3.05) is 57.5 Å². The van der Waals surface area contributed by atoms with Crippen LogP contribution in [0, 0.1) is 0 Å². The van der Waals surface area contributed by atoms with E-state index in [0.717, 1.165) is 39.1 Å². The minimum atomic E-state index is -3.70. The summed E-state index contributed by atoms with van der Waals surface area (Å²) in [6.07, 6.45) is 1.90. The maximum atomic E-state index is 13.7. The Hall–Kier alpha value is -4.28. The number of para-hydroxylation sites is 2. The SMILES string of the molecule is O=S(=O)(c1ccc(N2CCOCC2)c(N=Cc2c(-c3ccccc3)n(-c3ccccc3)c3ccccc23)c1)N1CCOCC1. The van der Waals surface area contributed by atoms with Crippen LogP contribution in [0.15, 0.2) is 113 Å². The van der Waals surface area contributed by atoms with Crippen LogP contribution in [0.3, 0.4) is 0 Å². The molecule has 4 aromatic carbocycles. The lowest BCUT2D eigenvalue weighted by Crippen LogP contribution is -2.40. The predicted molar refractivity (Wildman–Crippen MR) is 175 cm³/mol. The number of aromatic nitrogens is 1. The Morgan fingerprint density at radius 1 is 0.705 bits per heavy atom. The van der Waals surface area contributed by atoms with Gasteiger partial charge in [0.1, 0.15) is 0 Å². The summed E-state index contributed by atoms with van der Waals surface area (Å²) >= 11 is 0. The number of aliphatic imine (C=N–C) groups is 1.